The van der Waals surface area contributed by atoms with Crippen molar-refractivity contribution in [1.82, 2.24) is 10.7 Å². The van der Waals surface area contributed by atoms with Gasteiger partial charge < -0.3 is 5.32 Å². The zero-order valence-electron chi connectivity index (χ0n) is 11.6. The van der Waals surface area contributed by atoms with Crippen LogP contribution in [0, 0.1) is 0 Å². The van der Waals surface area contributed by atoms with E-state index in [1.807, 2.05) is 61.5 Å². The van der Waals surface area contributed by atoms with Gasteiger partial charge in [-0.25, -0.2) is 9.80 Å². The molecule has 0 spiro atoms. The number of halogens is 1. The highest BCUT2D eigenvalue weighted by molar-refractivity contribution is 6.30. The molecule has 0 aliphatic carbocycles. The first-order valence-electron chi connectivity index (χ1n) is 6.86. The van der Waals surface area contributed by atoms with Crippen molar-refractivity contribution in [3.05, 3.63) is 65.2 Å². The van der Waals surface area contributed by atoms with Crippen LogP contribution in [0.3, 0.4) is 0 Å². The molecular weight excluding hydrogens is 286 g/mol. The van der Waals surface area contributed by atoms with Crippen LogP contribution in [0.5, 0.6) is 0 Å². The number of hydrazine groups is 1. The summed E-state index contributed by atoms with van der Waals surface area (Å²) in [6.07, 6.45) is 0.712. The molecule has 0 bridgehead atoms. The zero-order valence-corrected chi connectivity index (χ0v) is 12.4. The molecule has 1 atom stereocenters. The standard InChI is InChI=1S/C16H16ClN3O/c1-2-16(12-8-10-13(17)11-9-12)18-15(21)20(19-16)14-6-4-3-5-7-14/h3-11,19H,2H2,1H3,(H,18,21). The normalized spacial score (nSPS) is 21.4. The zero-order chi connectivity index (χ0) is 14.9. The van der Waals surface area contributed by atoms with Gasteiger partial charge in [0.1, 0.15) is 5.66 Å². The molecule has 2 amide bonds. The van der Waals surface area contributed by atoms with E-state index in [0.29, 0.717) is 11.4 Å². The maximum Gasteiger partial charge on any atom is 0.338 e. The van der Waals surface area contributed by atoms with Crippen LogP contribution in [-0.4, -0.2) is 6.03 Å². The second-order valence-corrected chi connectivity index (χ2v) is 5.42. The molecule has 1 aliphatic heterocycles. The molecule has 3 rings (SSSR count). The van der Waals surface area contributed by atoms with Crippen molar-refractivity contribution >= 4 is 23.3 Å². The molecule has 1 aliphatic rings. The summed E-state index contributed by atoms with van der Waals surface area (Å²) in [5.74, 6) is 0. The third-order valence-corrected chi connectivity index (χ3v) is 3.96. The molecule has 4 nitrogen and oxygen atoms in total. The number of nitrogens with one attached hydrogen (secondary N) is 2. The van der Waals surface area contributed by atoms with Crippen molar-refractivity contribution in [2.24, 2.45) is 0 Å². The number of hydrogen-bond donors (Lipinski definition) is 2. The lowest BCUT2D eigenvalue weighted by molar-refractivity contribution is 0.245. The van der Waals surface area contributed by atoms with Crippen LogP contribution in [0.15, 0.2) is 54.6 Å². The Labute approximate surface area is 128 Å². The Kier molecular flexibility index (Phi) is 3.57. The van der Waals surface area contributed by atoms with E-state index >= 15 is 0 Å². The lowest BCUT2D eigenvalue weighted by Crippen LogP contribution is -2.47. The van der Waals surface area contributed by atoms with Crippen molar-refractivity contribution in [2.45, 2.75) is 19.0 Å². The number of para-hydroxylation sites is 1. The minimum Gasteiger partial charge on any atom is -0.313 e. The van der Waals surface area contributed by atoms with Crippen molar-refractivity contribution in [1.29, 1.82) is 0 Å². The third kappa shape index (κ3) is 2.48. The molecule has 21 heavy (non-hydrogen) atoms. The molecule has 108 valence electrons. The number of carbonyl (C=O) groups is 1. The predicted octanol–water partition coefficient (Wildman–Crippen LogP) is 3.64. The topological polar surface area (TPSA) is 44.4 Å². The number of amides is 2. The Bertz CT molecular complexity index is 644. The summed E-state index contributed by atoms with van der Waals surface area (Å²) in [5.41, 5.74) is 4.45. The minimum absolute atomic E-state index is 0.169. The van der Waals surface area contributed by atoms with Gasteiger partial charge >= 0.3 is 6.03 Å². The van der Waals surface area contributed by atoms with Crippen LogP contribution in [0.4, 0.5) is 10.5 Å². The molecule has 2 N–H and O–H groups in total. The average Bonchev–Trinajstić information content (AvgIpc) is 2.87. The largest absolute Gasteiger partial charge is 0.338 e. The number of carbonyl (C=O) groups excluding carboxylic acids is 1. The third-order valence-electron chi connectivity index (χ3n) is 3.71. The van der Waals surface area contributed by atoms with Crippen LogP contribution in [0.1, 0.15) is 18.9 Å². The minimum atomic E-state index is -0.614. The summed E-state index contributed by atoms with van der Waals surface area (Å²) in [4.78, 5) is 12.3. The Hall–Kier alpha value is -2.04. The molecule has 1 fully saturated rings. The van der Waals surface area contributed by atoms with Gasteiger partial charge in [-0.2, -0.15) is 5.43 Å². The van der Waals surface area contributed by atoms with Crippen molar-refractivity contribution < 1.29 is 4.79 Å². The average molecular weight is 302 g/mol. The monoisotopic (exact) mass is 301 g/mol. The lowest BCUT2D eigenvalue weighted by Gasteiger charge is -2.28. The molecular formula is C16H16ClN3O. The number of hydrogen-bond acceptors (Lipinski definition) is 2. The number of anilines is 1. The predicted molar refractivity (Wildman–Crippen MR) is 84.0 cm³/mol. The molecule has 0 aromatic heterocycles. The van der Waals surface area contributed by atoms with Gasteiger partial charge in [-0.05, 0) is 36.2 Å². The van der Waals surface area contributed by atoms with E-state index in [1.165, 1.54) is 5.01 Å². The van der Waals surface area contributed by atoms with Gasteiger partial charge in [-0.3, -0.25) is 0 Å². The van der Waals surface area contributed by atoms with E-state index < -0.39 is 5.66 Å². The van der Waals surface area contributed by atoms with Gasteiger partial charge in [0, 0.05) is 5.02 Å². The van der Waals surface area contributed by atoms with Crippen molar-refractivity contribution in [3.8, 4) is 0 Å². The fourth-order valence-corrected chi connectivity index (χ4v) is 2.64. The number of benzene rings is 2. The first-order chi connectivity index (χ1) is 10.1. The summed E-state index contributed by atoms with van der Waals surface area (Å²) >= 11 is 5.94. The van der Waals surface area contributed by atoms with Gasteiger partial charge in [0.25, 0.3) is 0 Å². The van der Waals surface area contributed by atoms with E-state index in [-0.39, 0.29) is 6.03 Å². The second kappa shape index (κ2) is 5.39. The van der Waals surface area contributed by atoms with E-state index in [4.69, 9.17) is 11.6 Å². The van der Waals surface area contributed by atoms with Crippen LogP contribution in [-0.2, 0) is 5.66 Å². The quantitative estimate of drug-likeness (QED) is 0.909. The summed E-state index contributed by atoms with van der Waals surface area (Å²) in [7, 11) is 0. The van der Waals surface area contributed by atoms with Crippen molar-refractivity contribution in [3.63, 3.8) is 0 Å². The summed E-state index contributed by atoms with van der Waals surface area (Å²) in [5, 5.41) is 5.25. The molecule has 1 heterocycles. The van der Waals surface area contributed by atoms with Crippen molar-refractivity contribution in [2.75, 3.05) is 5.01 Å². The Balaban J connectivity index is 1.95. The highest BCUT2D eigenvalue weighted by Crippen LogP contribution is 2.30. The van der Waals surface area contributed by atoms with Crippen LogP contribution < -0.4 is 15.8 Å². The van der Waals surface area contributed by atoms with Gasteiger partial charge in [-0.15, -0.1) is 0 Å². The number of nitrogens with zero attached hydrogens (tertiary/aromatic N) is 1. The molecule has 5 heteroatoms. The molecule has 0 saturated carbocycles. The van der Waals surface area contributed by atoms with Gasteiger partial charge in [0.2, 0.25) is 0 Å². The number of rotatable bonds is 3. The van der Waals surface area contributed by atoms with E-state index in [1.54, 1.807) is 0 Å². The fraction of sp³-hybridized carbons (Fsp3) is 0.188. The maximum absolute atomic E-state index is 12.3. The van der Waals surface area contributed by atoms with Gasteiger partial charge in [0.15, 0.2) is 0 Å². The van der Waals surface area contributed by atoms with Crippen LogP contribution in [0.2, 0.25) is 5.02 Å². The highest BCUT2D eigenvalue weighted by Gasteiger charge is 2.42. The molecule has 2 aromatic carbocycles. The smallest absolute Gasteiger partial charge is 0.313 e. The molecule has 1 saturated heterocycles. The van der Waals surface area contributed by atoms with E-state index in [2.05, 4.69) is 10.7 Å². The summed E-state index contributed by atoms with van der Waals surface area (Å²) in [6, 6.07) is 16.8. The Morgan fingerprint density at radius 3 is 2.38 bits per heavy atom. The van der Waals surface area contributed by atoms with Gasteiger partial charge in [-0.1, -0.05) is 48.9 Å². The highest BCUT2D eigenvalue weighted by atomic mass is 35.5. The summed E-state index contributed by atoms with van der Waals surface area (Å²) < 4.78 is 0. The first-order valence-corrected chi connectivity index (χ1v) is 7.23. The second-order valence-electron chi connectivity index (χ2n) is 4.98. The first kappa shape index (κ1) is 13.9. The molecule has 1 unspecified atom stereocenters. The molecule has 2 aromatic rings. The molecule has 0 radical (unpaired) electrons. The van der Waals surface area contributed by atoms with E-state index in [0.717, 1.165) is 11.3 Å². The van der Waals surface area contributed by atoms with Crippen LogP contribution >= 0.6 is 11.6 Å². The SMILES string of the molecule is CCC1(c2ccc(Cl)cc2)NC(=O)N(c2ccccc2)N1. The fourth-order valence-electron chi connectivity index (χ4n) is 2.51. The Morgan fingerprint density at radius 1 is 1.10 bits per heavy atom. The van der Waals surface area contributed by atoms with Gasteiger partial charge in [0.05, 0.1) is 5.69 Å². The lowest BCUT2D eigenvalue weighted by atomic mass is 9.98. The Morgan fingerprint density at radius 2 is 1.76 bits per heavy atom. The van der Waals surface area contributed by atoms with E-state index in [9.17, 15) is 4.79 Å². The summed E-state index contributed by atoms with van der Waals surface area (Å²) in [6.45, 7) is 2.02. The van der Waals surface area contributed by atoms with Crippen LogP contribution in [0.25, 0.3) is 0 Å². The maximum atomic E-state index is 12.3. The number of urea groups is 1.